The number of hydrogen-bond donors (Lipinski definition) is 2. The van der Waals surface area contributed by atoms with E-state index in [1.807, 2.05) is 18.2 Å². The standard InChI is InChI=1S/C23H25FN2O4/c1-23(18-10-9-15-6-4-7-16(15)11-18)21(28)26(22(29)25-23)12-19(27)14-30-13-17-5-2-3-8-20(17)24/h2-3,5,8-11,19,27H,4,6-7,12-14H2,1H3,(H,25,29)/t19-,23+/m1/s1. The highest BCUT2D eigenvalue weighted by atomic mass is 19.1. The molecule has 1 fully saturated rings. The number of benzene rings is 2. The summed E-state index contributed by atoms with van der Waals surface area (Å²) in [5, 5.41) is 13.0. The average molecular weight is 412 g/mol. The van der Waals surface area contributed by atoms with Crippen molar-refractivity contribution in [1.82, 2.24) is 10.2 Å². The fourth-order valence-electron chi connectivity index (χ4n) is 4.13. The van der Waals surface area contributed by atoms with E-state index < -0.39 is 23.6 Å². The second kappa shape index (κ2) is 8.16. The number of amides is 3. The van der Waals surface area contributed by atoms with Crippen LogP contribution < -0.4 is 5.32 Å². The summed E-state index contributed by atoms with van der Waals surface area (Å²) in [6.07, 6.45) is 2.04. The number of imide groups is 1. The van der Waals surface area contributed by atoms with Crippen LogP contribution in [0.2, 0.25) is 0 Å². The second-order valence-corrected chi connectivity index (χ2v) is 8.07. The topological polar surface area (TPSA) is 78.9 Å². The molecule has 158 valence electrons. The lowest BCUT2D eigenvalue weighted by Gasteiger charge is -2.24. The van der Waals surface area contributed by atoms with Gasteiger partial charge in [0.1, 0.15) is 11.4 Å². The van der Waals surface area contributed by atoms with Crippen LogP contribution in [0.1, 0.15) is 35.6 Å². The number of carbonyl (C=O) groups is 2. The Labute approximate surface area is 174 Å². The Morgan fingerprint density at radius 2 is 1.97 bits per heavy atom. The minimum absolute atomic E-state index is 0.00326. The molecule has 0 spiro atoms. The molecule has 7 heteroatoms. The predicted molar refractivity (Wildman–Crippen MR) is 108 cm³/mol. The Morgan fingerprint density at radius 1 is 1.20 bits per heavy atom. The largest absolute Gasteiger partial charge is 0.389 e. The molecule has 2 aromatic carbocycles. The Bertz CT molecular complexity index is 979. The summed E-state index contributed by atoms with van der Waals surface area (Å²) in [6.45, 7) is 1.37. The first-order valence-electron chi connectivity index (χ1n) is 10.1. The number of nitrogens with zero attached hydrogens (tertiary/aromatic N) is 1. The van der Waals surface area contributed by atoms with Gasteiger partial charge in [-0.2, -0.15) is 0 Å². The maximum absolute atomic E-state index is 13.6. The molecule has 1 aliphatic carbocycles. The second-order valence-electron chi connectivity index (χ2n) is 8.07. The first kappa shape index (κ1) is 20.5. The van der Waals surface area contributed by atoms with E-state index in [1.165, 1.54) is 17.2 Å². The summed E-state index contributed by atoms with van der Waals surface area (Å²) in [7, 11) is 0. The molecule has 4 rings (SSSR count). The van der Waals surface area contributed by atoms with E-state index in [4.69, 9.17) is 4.74 Å². The zero-order valence-electron chi connectivity index (χ0n) is 16.9. The van der Waals surface area contributed by atoms with Crippen LogP contribution in [-0.2, 0) is 34.5 Å². The lowest BCUT2D eigenvalue weighted by atomic mass is 9.89. The van der Waals surface area contributed by atoms with Gasteiger partial charge in [0, 0.05) is 5.56 Å². The maximum Gasteiger partial charge on any atom is 0.325 e. The predicted octanol–water partition coefficient (Wildman–Crippen LogP) is 2.66. The van der Waals surface area contributed by atoms with Crippen molar-refractivity contribution in [1.29, 1.82) is 0 Å². The van der Waals surface area contributed by atoms with Crippen LogP contribution in [0.4, 0.5) is 9.18 Å². The van der Waals surface area contributed by atoms with Gasteiger partial charge in [-0.05, 0) is 48.9 Å². The smallest absolute Gasteiger partial charge is 0.325 e. The highest BCUT2D eigenvalue weighted by Gasteiger charge is 2.49. The zero-order chi connectivity index (χ0) is 21.3. The number of β-amino-alcohol motifs (C(OH)–C–C–N with tert-alkyl or cyclic N) is 1. The average Bonchev–Trinajstić information content (AvgIpc) is 3.28. The van der Waals surface area contributed by atoms with Crippen LogP contribution in [0, 0.1) is 5.82 Å². The molecule has 1 aliphatic heterocycles. The van der Waals surface area contributed by atoms with Gasteiger partial charge in [0.15, 0.2) is 0 Å². The number of rotatable bonds is 7. The number of aliphatic hydroxyl groups excluding tert-OH is 1. The van der Waals surface area contributed by atoms with E-state index in [2.05, 4.69) is 5.32 Å². The van der Waals surface area contributed by atoms with Crippen molar-refractivity contribution < 1.29 is 23.8 Å². The van der Waals surface area contributed by atoms with E-state index in [0.29, 0.717) is 5.56 Å². The Hall–Kier alpha value is -2.77. The van der Waals surface area contributed by atoms with Crippen LogP contribution in [0.5, 0.6) is 0 Å². The summed E-state index contributed by atoms with van der Waals surface area (Å²) < 4.78 is 19.0. The van der Waals surface area contributed by atoms with E-state index in [9.17, 15) is 19.1 Å². The Morgan fingerprint density at radius 3 is 2.77 bits per heavy atom. The van der Waals surface area contributed by atoms with Crippen LogP contribution in [-0.4, -0.2) is 41.2 Å². The highest BCUT2D eigenvalue weighted by Crippen LogP contribution is 2.32. The fourth-order valence-corrected chi connectivity index (χ4v) is 4.13. The summed E-state index contributed by atoms with van der Waals surface area (Å²) >= 11 is 0. The number of fused-ring (bicyclic) bond motifs is 1. The number of urea groups is 1. The van der Waals surface area contributed by atoms with Gasteiger partial charge in [-0.1, -0.05) is 36.4 Å². The summed E-state index contributed by atoms with van der Waals surface area (Å²) in [5.41, 5.74) is 2.47. The zero-order valence-corrected chi connectivity index (χ0v) is 16.9. The molecule has 2 atom stereocenters. The molecule has 0 aromatic heterocycles. The summed E-state index contributed by atoms with van der Waals surface area (Å²) in [5.74, 6) is -0.787. The van der Waals surface area contributed by atoms with Crippen molar-refractivity contribution in [3.05, 3.63) is 70.5 Å². The molecule has 0 unspecified atom stereocenters. The molecule has 3 amide bonds. The van der Waals surface area contributed by atoms with Crippen molar-refractivity contribution in [2.75, 3.05) is 13.2 Å². The molecule has 2 aromatic rings. The van der Waals surface area contributed by atoms with E-state index in [0.717, 1.165) is 29.7 Å². The molecule has 2 N–H and O–H groups in total. The number of hydrogen-bond acceptors (Lipinski definition) is 4. The lowest BCUT2D eigenvalue weighted by molar-refractivity contribution is -0.132. The third-order valence-corrected chi connectivity index (χ3v) is 5.87. The van der Waals surface area contributed by atoms with Gasteiger partial charge in [-0.15, -0.1) is 0 Å². The number of carbonyl (C=O) groups excluding carboxylic acids is 2. The van der Waals surface area contributed by atoms with Gasteiger partial charge < -0.3 is 15.2 Å². The maximum atomic E-state index is 13.6. The van der Waals surface area contributed by atoms with Crippen molar-refractivity contribution in [2.24, 2.45) is 0 Å². The third-order valence-electron chi connectivity index (χ3n) is 5.87. The molecule has 2 aliphatic rings. The van der Waals surface area contributed by atoms with E-state index in [-0.39, 0.29) is 25.6 Å². The third kappa shape index (κ3) is 3.82. The summed E-state index contributed by atoms with van der Waals surface area (Å²) in [6, 6.07) is 11.6. The van der Waals surface area contributed by atoms with E-state index in [1.54, 1.807) is 25.1 Å². The molecule has 1 saturated heterocycles. The molecule has 6 nitrogen and oxygen atoms in total. The minimum atomic E-state index is -1.16. The lowest BCUT2D eigenvalue weighted by Crippen LogP contribution is -2.42. The Balaban J connectivity index is 1.38. The van der Waals surface area contributed by atoms with Gasteiger partial charge in [-0.3, -0.25) is 9.69 Å². The van der Waals surface area contributed by atoms with Crippen LogP contribution in [0.25, 0.3) is 0 Å². The van der Waals surface area contributed by atoms with Crippen LogP contribution in [0.15, 0.2) is 42.5 Å². The SMILES string of the molecule is C[C@@]1(c2ccc3c(c2)CCC3)NC(=O)N(C[C@@H](O)COCc2ccccc2F)C1=O. The first-order chi connectivity index (χ1) is 14.4. The Kier molecular flexibility index (Phi) is 5.58. The van der Waals surface area contributed by atoms with Crippen LogP contribution >= 0.6 is 0 Å². The fraction of sp³-hybridized carbons (Fsp3) is 0.391. The van der Waals surface area contributed by atoms with Crippen LogP contribution in [0.3, 0.4) is 0 Å². The van der Waals surface area contributed by atoms with Crippen molar-refractivity contribution in [3.63, 3.8) is 0 Å². The van der Waals surface area contributed by atoms with E-state index >= 15 is 0 Å². The molecular formula is C23H25FN2O4. The highest BCUT2D eigenvalue weighted by molar-refractivity contribution is 6.07. The van der Waals surface area contributed by atoms with Crippen molar-refractivity contribution in [3.8, 4) is 0 Å². The number of halogens is 1. The monoisotopic (exact) mass is 412 g/mol. The number of ether oxygens (including phenoxy) is 1. The van der Waals surface area contributed by atoms with Crippen molar-refractivity contribution >= 4 is 11.9 Å². The number of nitrogens with one attached hydrogen (secondary N) is 1. The quantitative estimate of drug-likeness (QED) is 0.686. The molecule has 0 radical (unpaired) electrons. The van der Waals surface area contributed by atoms with Gasteiger partial charge in [-0.25, -0.2) is 9.18 Å². The van der Waals surface area contributed by atoms with Gasteiger partial charge in [0.2, 0.25) is 0 Å². The molecule has 1 heterocycles. The van der Waals surface area contributed by atoms with Gasteiger partial charge >= 0.3 is 6.03 Å². The molecule has 0 saturated carbocycles. The number of aryl methyl sites for hydroxylation is 2. The number of aliphatic hydroxyl groups is 1. The first-order valence-corrected chi connectivity index (χ1v) is 10.1. The molecule has 0 bridgehead atoms. The minimum Gasteiger partial charge on any atom is -0.389 e. The van der Waals surface area contributed by atoms with Gasteiger partial charge in [0.05, 0.1) is 25.9 Å². The molecular weight excluding hydrogens is 387 g/mol. The summed E-state index contributed by atoms with van der Waals surface area (Å²) in [4.78, 5) is 26.5. The molecule has 30 heavy (non-hydrogen) atoms. The van der Waals surface area contributed by atoms with Crippen molar-refractivity contribution in [2.45, 2.75) is 44.4 Å². The van der Waals surface area contributed by atoms with Gasteiger partial charge in [0.25, 0.3) is 5.91 Å². The normalized spacial score (nSPS) is 21.6.